The molecular formula is C13H17NO2. The Morgan fingerprint density at radius 1 is 1.38 bits per heavy atom. The predicted octanol–water partition coefficient (Wildman–Crippen LogP) is 2.26. The maximum Gasteiger partial charge on any atom is 0.220 e. The zero-order chi connectivity index (χ0) is 11.7. The second-order valence-electron chi connectivity index (χ2n) is 4.36. The van der Waals surface area contributed by atoms with E-state index in [2.05, 4.69) is 24.4 Å². The molecule has 1 amide bonds. The van der Waals surface area contributed by atoms with Gasteiger partial charge in [0.05, 0.1) is 13.2 Å². The lowest BCUT2D eigenvalue weighted by Crippen LogP contribution is -2.19. The third kappa shape index (κ3) is 1.90. The molecule has 2 rings (SSSR count). The van der Waals surface area contributed by atoms with Crippen molar-refractivity contribution < 1.29 is 9.53 Å². The lowest BCUT2D eigenvalue weighted by Gasteiger charge is -2.17. The SMILES string of the molecule is COc1c(C)cc(C)cc1C1CCC(=O)N1. The van der Waals surface area contributed by atoms with Gasteiger partial charge >= 0.3 is 0 Å². The lowest BCUT2D eigenvalue weighted by molar-refractivity contribution is -0.119. The van der Waals surface area contributed by atoms with Crippen LogP contribution in [0.3, 0.4) is 0 Å². The Hall–Kier alpha value is -1.51. The smallest absolute Gasteiger partial charge is 0.220 e. The van der Waals surface area contributed by atoms with Gasteiger partial charge in [0.15, 0.2) is 0 Å². The largest absolute Gasteiger partial charge is 0.496 e. The average molecular weight is 219 g/mol. The molecule has 0 aliphatic carbocycles. The number of carbonyl (C=O) groups is 1. The van der Waals surface area contributed by atoms with E-state index in [1.165, 1.54) is 5.56 Å². The van der Waals surface area contributed by atoms with Crippen LogP contribution in [0, 0.1) is 13.8 Å². The van der Waals surface area contributed by atoms with Crippen molar-refractivity contribution in [3.8, 4) is 5.75 Å². The Bertz CT molecular complexity index is 426. The van der Waals surface area contributed by atoms with Crippen molar-refractivity contribution in [2.75, 3.05) is 7.11 Å². The average Bonchev–Trinajstić information content (AvgIpc) is 2.63. The molecule has 3 heteroatoms. The highest BCUT2D eigenvalue weighted by Crippen LogP contribution is 2.34. The molecule has 1 aliphatic heterocycles. The third-order valence-electron chi connectivity index (χ3n) is 3.02. The van der Waals surface area contributed by atoms with E-state index in [4.69, 9.17) is 4.74 Å². The molecule has 0 bridgehead atoms. The molecule has 1 atom stereocenters. The minimum absolute atomic E-state index is 0.112. The van der Waals surface area contributed by atoms with Crippen LogP contribution in [0.2, 0.25) is 0 Å². The fourth-order valence-electron chi connectivity index (χ4n) is 2.37. The summed E-state index contributed by atoms with van der Waals surface area (Å²) < 4.78 is 5.43. The molecular weight excluding hydrogens is 202 g/mol. The molecule has 1 aromatic carbocycles. The second kappa shape index (κ2) is 4.16. The highest BCUT2D eigenvalue weighted by Gasteiger charge is 2.25. The van der Waals surface area contributed by atoms with Gasteiger partial charge < -0.3 is 10.1 Å². The first kappa shape index (κ1) is 11.0. The Morgan fingerprint density at radius 2 is 2.12 bits per heavy atom. The summed E-state index contributed by atoms with van der Waals surface area (Å²) in [5.41, 5.74) is 3.43. The van der Waals surface area contributed by atoms with Gasteiger partial charge in [-0.25, -0.2) is 0 Å². The van der Waals surface area contributed by atoms with Crippen LogP contribution in [0.25, 0.3) is 0 Å². The zero-order valence-electron chi connectivity index (χ0n) is 9.96. The van der Waals surface area contributed by atoms with E-state index in [1.54, 1.807) is 7.11 Å². The zero-order valence-corrected chi connectivity index (χ0v) is 9.96. The van der Waals surface area contributed by atoms with E-state index >= 15 is 0 Å². The van der Waals surface area contributed by atoms with Gasteiger partial charge in [-0.3, -0.25) is 4.79 Å². The standard InChI is InChI=1S/C13H17NO2/c1-8-6-9(2)13(16-3)10(7-8)11-4-5-12(15)14-11/h6-7,11H,4-5H2,1-3H3,(H,14,15). The van der Waals surface area contributed by atoms with Crippen LogP contribution in [0.5, 0.6) is 5.75 Å². The number of rotatable bonds is 2. The summed E-state index contributed by atoms with van der Waals surface area (Å²) in [6.45, 7) is 4.10. The summed E-state index contributed by atoms with van der Waals surface area (Å²) in [5.74, 6) is 1.03. The van der Waals surface area contributed by atoms with Gasteiger partial charge in [-0.2, -0.15) is 0 Å². The second-order valence-corrected chi connectivity index (χ2v) is 4.36. The molecule has 16 heavy (non-hydrogen) atoms. The van der Waals surface area contributed by atoms with Crippen molar-refractivity contribution in [1.29, 1.82) is 0 Å². The number of benzene rings is 1. The summed E-state index contributed by atoms with van der Waals surface area (Å²) in [5, 5.41) is 2.98. The molecule has 1 N–H and O–H groups in total. The number of hydrogen-bond acceptors (Lipinski definition) is 2. The molecule has 0 aromatic heterocycles. The van der Waals surface area contributed by atoms with Gasteiger partial charge in [0.2, 0.25) is 5.91 Å². The Kier molecular flexibility index (Phi) is 2.86. The van der Waals surface area contributed by atoms with Crippen molar-refractivity contribution in [3.63, 3.8) is 0 Å². The Balaban J connectivity index is 2.42. The van der Waals surface area contributed by atoms with Crippen molar-refractivity contribution in [2.24, 2.45) is 0 Å². The molecule has 86 valence electrons. The number of hydrogen-bond donors (Lipinski definition) is 1. The van der Waals surface area contributed by atoms with Crippen LogP contribution < -0.4 is 10.1 Å². The minimum Gasteiger partial charge on any atom is -0.496 e. The highest BCUT2D eigenvalue weighted by molar-refractivity contribution is 5.79. The maximum atomic E-state index is 11.2. The summed E-state index contributed by atoms with van der Waals surface area (Å²) in [7, 11) is 1.68. The summed E-state index contributed by atoms with van der Waals surface area (Å²) >= 11 is 0. The monoisotopic (exact) mass is 219 g/mol. The first-order valence-electron chi connectivity index (χ1n) is 5.56. The van der Waals surface area contributed by atoms with Gasteiger partial charge in [-0.05, 0) is 25.8 Å². The number of aryl methyl sites for hydroxylation is 2. The molecule has 1 unspecified atom stereocenters. The van der Waals surface area contributed by atoms with E-state index in [1.807, 2.05) is 6.92 Å². The fraction of sp³-hybridized carbons (Fsp3) is 0.462. The summed E-state index contributed by atoms with van der Waals surface area (Å²) in [4.78, 5) is 11.2. The first-order valence-corrected chi connectivity index (χ1v) is 5.56. The minimum atomic E-state index is 0.112. The number of ether oxygens (including phenoxy) is 1. The third-order valence-corrected chi connectivity index (χ3v) is 3.02. The normalized spacial score (nSPS) is 19.7. The van der Waals surface area contributed by atoms with Crippen molar-refractivity contribution in [2.45, 2.75) is 32.7 Å². The first-order chi connectivity index (χ1) is 7.61. The maximum absolute atomic E-state index is 11.2. The van der Waals surface area contributed by atoms with Gasteiger partial charge in [0.25, 0.3) is 0 Å². The summed E-state index contributed by atoms with van der Waals surface area (Å²) in [6, 6.07) is 4.31. The van der Waals surface area contributed by atoms with Gasteiger partial charge in [0.1, 0.15) is 5.75 Å². The molecule has 0 spiro atoms. The van der Waals surface area contributed by atoms with Crippen LogP contribution in [0.15, 0.2) is 12.1 Å². The quantitative estimate of drug-likeness (QED) is 0.828. The molecule has 3 nitrogen and oxygen atoms in total. The molecule has 1 fully saturated rings. The number of carbonyl (C=O) groups excluding carboxylic acids is 1. The van der Waals surface area contributed by atoms with Gasteiger partial charge in [0, 0.05) is 12.0 Å². The van der Waals surface area contributed by atoms with Crippen LogP contribution in [-0.4, -0.2) is 13.0 Å². The fourth-order valence-corrected chi connectivity index (χ4v) is 2.37. The van der Waals surface area contributed by atoms with Crippen LogP contribution >= 0.6 is 0 Å². The molecule has 1 aromatic rings. The lowest BCUT2D eigenvalue weighted by atomic mass is 9.98. The van der Waals surface area contributed by atoms with E-state index in [0.29, 0.717) is 6.42 Å². The molecule has 1 aliphatic rings. The van der Waals surface area contributed by atoms with Crippen LogP contribution in [-0.2, 0) is 4.79 Å². The van der Waals surface area contributed by atoms with E-state index in [9.17, 15) is 4.79 Å². The van der Waals surface area contributed by atoms with Crippen LogP contribution in [0.4, 0.5) is 0 Å². The van der Waals surface area contributed by atoms with E-state index < -0.39 is 0 Å². The van der Waals surface area contributed by atoms with Crippen molar-refractivity contribution >= 4 is 5.91 Å². The number of amides is 1. The Morgan fingerprint density at radius 3 is 2.69 bits per heavy atom. The predicted molar refractivity (Wildman–Crippen MR) is 62.6 cm³/mol. The van der Waals surface area contributed by atoms with Crippen LogP contribution in [0.1, 0.15) is 35.6 Å². The van der Waals surface area contributed by atoms with Crippen molar-refractivity contribution in [1.82, 2.24) is 5.32 Å². The topological polar surface area (TPSA) is 38.3 Å². The van der Waals surface area contributed by atoms with E-state index in [-0.39, 0.29) is 11.9 Å². The Labute approximate surface area is 95.8 Å². The van der Waals surface area contributed by atoms with Crippen molar-refractivity contribution in [3.05, 3.63) is 28.8 Å². The highest BCUT2D eigenvalue weighted by atomic mass is 16.5. The molecule has 0 radical (unpaired) electrons. The molecule has 0 saturated carbocycles. The van der Waals surface area contributed by atoms with E-state index in [0.717, 1.165) is 23.3 Å². The number of nitrogens with one attached hydrogen (secondary N) is 1. The molecule has 1 saturated heterocycles. The summed E-state index contributed by atoms with van der Waals surface area (Å²) in [6.07, 6.45) is 1.47. The van der Waals surface area contributed by atoms with Gasteiger partial charge in [-0.1, -0.05) is 17.7 Å². The molecule has 1 heterocycles. The number of methoxy groups -OCH3 is 1. The van der Waals surface area contributed by atoms with Gasteiger partial charge in [-0.15, -0.1) is 0 Å².